The van der Waals surface area contributed by atoms with Crippen molar-refractivity contribution in [3.8, 4) is 0 Å². The molecule has 0 spiro atoms. The number of nitrogens with zero attached hydrogens (tertiary/aromatic N) is 1. The number of rotatable bonds is 2. The summed E-state index contributed by atoms with van der Waals surface area (Å²) in [6.07, 6.45) is 2.01. The highest BCUT2D eigenvalue weighted by molar-refractivity contribution is 6.05. The molecule has 84 valence electrons. The van der Waals surface area contributed by atoms with Gasteiger partial charge in [0.25, 0.3) is 0 Å². The molecule has 2 atom stereocenters. The molecule has 0 aromatic heterocycles. The fraction of sp³-hybridized carbons (Fsp3) is 0.818. The highest BCUT2D eigenvalue weighted by Crippen LogP contribution is 2.48. The molecule has 0 aromatic rings. The average molecular weight is 211 g/mol. The molecule has 1 amide bonds. The number of likely N-dealkylation sites (tertiary alicyclic amines) is 1. The van der Waals surface area contributed by atoms with Crippen LogP contribution in [0.25, 0.3) is 0 Å². The van der Waals surface area contributed by atoms with E-state index in [0.717, 1.165) is 13.0 Å². The first-order valence-corrected chi connectivity index (χ1v) is 5.52. The highest BCUT2D eigenvalue weighted by atomic mass is 16.4. The van der Waals surface area contributed by atoms with Crippen LogP contribution in [-0.2, 0) is 9.59 Å². The van der Waals surface area contributed by atoms with Gasteiger partial charge in [-0.2, -0.15) is 0 Å². The normalized spacial score (nSPS) is 32.8. The van der Waals surface area contributed by atoms with E-state index in [1.54, 1.807) is 4.90 Å². The van der Waals surface area contributed by atoms with Gasteiger partial charge in [-0.3, -0.25) is 9.59 Å². The third kappa shape index (κ3) is 1.52. The second-order valence-electron chi connectivity index (χ2n) is 5.03. The van der Waals surface area contributed by atoms with Gasteiger partial charge in [0, 0.05) is 12.6 Å². The van der Waals surface area contributed by atoms with Crippen molar-refractivity contribution in [1.29, 1.82) is 0 Å². The lowest BCUT2D eigenvalue weighted by molar-refractivity contribution is -0.153. The van der Waals surface area contributed by atoms with Gasteiger partial charge in [-0.1, -0.05) is 6.92 Å². The summed E-state index contributed by atoms with van der Waals surface area (Å²) in [5.41, 5.74) is -1.06. The second-order valence-corrected chi connectivity index (χ2v) is 5.03. The standard InChI is InChI=1S/C11H17NO3/c1-7-5-8(2)12(6-7)9(13)11(3-4-11)10(14)15/h7-8H,3-6H2,1-2H3,(H,14,15). The first-order chi connectivity index (χ1) is 6.97. The van der Waals surface area contributed by atoms with Gasteiger partial charge in [0.05, 0.1) is 0 Å². The molecule has 1 heterocycles. The van der Waals surface area contributed by atoms with Crippen molar-refractivity contribution in [3.63, 3.8) is 0 Å². The van der Waals surface area contributed by atoms with Gasteiger partial charge in [0.15, 0.2) is 0 Å². The average Bonchev–Trinajstić information content (AvgIpc) is 2.88. The van der Waals surface area contributed by atoms with Crippen LogP contribution in [0.1, 0.15) is 33.1 Å². The van der Waals surface area contributed by atoms with Gasteiger partial charge >= 0.3 is 5.97 Å². The minimum absolute atomic E-state index is 0.160. The van der Waals surface area contributed by atoms with Crippen LogP contribution in [0.15, 0.2) is 0 Å². The molecule has 4 nitrogen and oxygen atoms in total. The molecule has 1 aliphatic carbocycles. The number of hydrogen-bond donors (Lipinski definition) is 1. The summed E-state index contributed by atoms with van der Waals surface area (Å²) in [4.78, 5) is 24.9. The first kappa shape index (κ1) is 10.5. The number of amides is 1. The number of aliphatic carboxylic acids is 1. The molecule has 1 N–H and O–H groups in total. The molecular weight excluding hydrogens is 194 g/mol. The Morgan fingerprint density at radius 1 is 1.33 bits per heavy atom. The Labute approximate surface area is 89.3 Å². The van der Waals surface area contributed by atoms with Crippen molar-refractivity contribution >= 4 is 11.9 Å². The van der Waals surface area contributed by atoms with E-state index >= 15 is 0 Å². The summed E-state index contributed by atoms with van der Waals surface area (Å²) in [6.45, 7) is 4.82. The van der Waals surface area contributed by atoms with Crippen molar-refractivity contribution in [1.82, 2.24) is 4.90 Å². The van der Waals surface area contributed by atoms with Crippen molar-refractivity contribution in [3.05, 3.63) is 0 Å². The summed E-state index contributed by atoms with van der Waals surface area (Å²) >= 11 is 0. The zero-order chi connectivity index (χ0) is 11.2. The highest BCUT2D eigenvalue weighted by Gasteiger charge is 2.59. The molecule has 1 saturated heterocycles. The van der Waals surface area contributed by atoms with Crippen LogP contribution in [-0.4, -0.2) is 34.5 Å². The molecule has 0 aromatic carbocycles. The van der Waals surface area contributed by atoms with Gasteiger partial charge in [0.1, 0.15) is 5.41 Å². The summed E-state index contributed by atoms with van der Waals surface area (Å²) in [6, 6.07) is 0.198. The topological polar surface area (TPSA) is 57.6 Å². The van der Waals surface area contributed by atoms with Crippen molar-refractivity contribution < 1.29 is 14.7 Å². The van der Waals surface area contributed by atoms with Crippen LogP contribution in [0.5, 0.6) is 0 Å². The number of carbonyl (C=O) groups is 2. The van der Waals surface area contributed by atoms with E-state index in [2.05, 4.69) is 6.92 Å². The fourth-order valence-electron chi connectivity index (χ4n) is 2.50. The third-order valence-electron chi connectivity index (χ3n) is 3.61. The molecule has 0 bridgehead atoms. The van der Waals surface area contributed by atoms with Gasteiger partial charge < -0.3 is 10.0 Å². The summed E-state index contributed by atoms with van der Waals surface area (Å²) in [5.74, 6) is -0.611. The maximum Gasteiger partial charge on any atom is 0.319 e. The van der Waals surface area contributed by atoms with Gasteiger partial charge in [-0.05, 0) is 32.1 Å². The van der Waals surface area contributed by atoms with Gasteiger partial charge in [-0.15, -0.1) is 0 Å². The molecule has 1 aliphatic heterocycles. The first-order valence-electron chi connectivity index (χ1n) is 5.52. The van der Waals surface area contributed by atoms with Crippen LogP contribution >= 0.6 is 0 Å². The summed E-state index contributed by atoms with van der Waals surface area (Å²) in [7, 11) is 0. The Kier molecular flexibility index (Phi) is 2.24. The monoisotopic (exact) mass is 211 g/mol. The second kappa shape index (κ2) is 3.22. The largest absolute Gasteiger partial charge is 0.480 e. The van der Waals surface area contributed by atoms with E-state index in [4.69, 9.17) is 5.11 Å². The fourth-order valence-corrected chi connectivity index (χ4v) is 2.50. The molecule has 2 rings (SSSR count). The maximum absolute atomic E-state index is 12.1. The molecule has 15 heavy (non-hydrogen) atoms. The number of hydrogen-bond acceptors (Lipinski definition) is 2. The smallest absolute Gasteiger partial charge is 0.319 e. The molecule has 2 unspecified atom stereocenters. The van der Waals surface area contributed by atoms with Crippen LogP contribution in [0.4, 0.5) is 0 Å². The van der Waals surface area contributed by atoms with Gasteiger partial charge in [0.2, 0.25) is 5.91 Å². The number of carboxylic acids is 1. The van der Waals surface area contributed by atoms with E-state index < -0.39 is 11.4 Å². The molecule has 2 aliphatic rings. The molecule has 1 saturated carbocycles. The molecule has 4 heteroatoms. The Bertz CT molecular complexity index is 309. The van der Waals surface area contributed by atoms with Crippen molar-refractivity contribution in [2.75, 3.05) is 6.54 Å². The predicted octanol–water partition coefficient (Wildman–Crippen LogP) is 1.11. The van der Waals surface area contributed by atoms with Crippen molar-refractivity contribution in [2.24, 2.45) is 11.3 Å². The van der Waals surface area contributed by atoms with E-state index in [0.29, 0.717) is 18.8 Å². The quantitative estimate of drug-likeness (QED) is 0.696. The third-order valence-corrected chi connectivity index (χ3v) is 3.61. The minimum Gasteiger partial charge on any atom is -0.480 e. The van der Waals surface area contributed by atoms with Crippen LogP contribution in [0.3, 0.4) is 0 Å². The van der Waals surface area contributed by atoms with Crippen LogP contribution < -0.4 is 0 Å². The lowest BCUT2D eigenvalue weighted by atomic mass is 10.1. The Morgan fingerprint density at radius 2 is 1.93 bits per heavy atom. The Hall–Kier alpha value is -1.06. The zero-order valence-electron chi connectivity index (χ0n) is 9.19. The molecule has 2 fully saturated rings. The van der Waals surface area contributed by atoms with E-state index in [1.165, 1.54) is 0 Å². The minimum atomic E-state index is -1.06. The Morgan fingerprint density at radius 3 is 2.27 bits per heavy atom. The lowest BCUT2D eigenvalue weighted by Gasteiger charge is -2.24. The maximum atomic E-state index is 12.1. The van der Waals surface area contributed by atoms with Crippen LogP contribution in [0.2, 0.25) is 0 Å². The van der Waals surface area contributed by atoms with Crippen LogP contribution in [0, 0.1) is 11.3 Å². The summed E-state index contributed by atoms with van der Waals surface area (Å²) < 4.78 is 0. The lowest BCUT2D eigenvalue weighted by Crippen LogP contribution is -2.42. The molecular formula is C11H17NO3. The zero-order valence-corrected chi connectivity index (χ0v) is 9.19. The SMILES string of the molecule is CC1CC(C)N(C(=O)C2(C(=O)O)CC2)C1. The number of carboxylic acid groups (broad SMARTS) is 1. The summed E-state index contributed by atoms with van der Waals surface area (Å²) in [5, 5.41) is 9.04. The Balaban J connectivity index is 2.12. The van der Waals surface area contributed by atoms with Gasteiger partial charge in [-0.25, -0.2) is 0 Å². The van der Waals surface area contributed by atoms with E-state index in [1.807, 2.05) is 6.92 Å². The van der Waals surface area contributed by atoms with E-state index in [9.17, 15) is 9.59 Å². The van der Waals surface area contributed by atoms with Crippen molar-refractivity contribution in [2.45, 2.75) is 39.2 Å². The molecule has 0 radical (unpaired) electrons. The number of carbonyl (C=O) groups excluding carboxylic acids is 1. The predicted molar refractivity (Wildman–Crippen MR) is 54.3 cm³/mol. The van der Waals surface area contributed by atoms with E-state index in [-0.39, 0.29) is 11.9 Å².